The highest BCUT2D eigenvalue weighted by molar-refractivity contribution is 7.04. The number of hydrogen-bond donors (Lipinski definition) is 0. The van der Waals surface area contributed by atoms with Gasteiger partial charge in [0.2, 0.25) is 0 Å². The van der Waals surface area contributed by atoms with Crippen LogP contribution in [-0.2, 0) is 27.1 Å². The maximum atomic E-state index is 11.3. The van der Waals surface area contributed by atoms with Crippen LogP contribution in [0.25, 0.3) is 4.85 Å². The van der Waals surface area contributed by atoms with Gasteiger partial charge in [0.1, 0.15) is 23.0 Å². The highest BCUT2D eigenvalue weighted by Crippen LogP contribution is 2.52. The van der Waals surface area contributed by atoms with Crippen molar-refractivity contribution in [1.82, 2.24) is 0 Å². The number of ether oxygens (including phenoxy) is 2. The van der Waals surface area contributed by atoms with E-state index >= 15 is 0 Å². The monoisotopic (exact) mass is 1350 g/mol. The molecule has 17 rings (SSSR count). The van der Waals surface area contributed by atoms with Crippen molar-refractivity contribution in [3.05, 3.63) is 249 Å². The maximum Gasteiger partial charge on any atom is 0.260 e. The van der Waals surface area contributed by atoms with Crippen LogP contribution in [0.4, 0.5) is 73.9 Å². The van der Waals surface area contributed by atoms with Gasteiger partial charge in [0.15, 0.2) is 5.69 Å². The minimum Gasteiger partial charge on any atom is -0.458 e. The van der Waals surface area contributed by atoms with Crippen LogP contribution in [0.5, 0.6) is 23.0 Å². The van der Waals surface area contributed by atoms with Gasteiger partial charge >= 0.3 is 0 Å². The molecular weight excluding hydrogens is 1270 g/mol. The number of anilines is 12. The molecule has 0 bridgehead atoms. The molecule has 0 saturated heterocycles. The van der Waals surface area contributed by atoms with Gasteiger partial charge < -0.3 is 29.1 Å². The molecule has 6 aliphatic heterocycles. The van der Waals surface area contributed by atoms with E-state index < -0.39 is 6.71 Å². The number of hydrogen-bond acceptors (Lipinski definition) is 8. The number of nitrogens with zero attached hydrogens (tertiary/aromatic N) is 7. The summed E-state index contributed by atoms with van der Waals surface area (Å²) in [4.78, 5) is 13.9. The first-order valence-electron chi connectivity index (χ1n) is 36.6. The predicted octanol–water partition coefficient (Wildman–Crippen LogP) is 18.3. The normalized spacial score (nSPS) is 14.2. The highest BCUT2D eigenvalue weighted by atomic mass is 16.5. The van der Waals surface area contributed by atoms with Crippen LogP contribution in [0.3, 0.4) is 0 Å². The average molecular weight is 1350 g/mol. The van der Waals surface area contributed by atoms with Gasteiger partial charge in [-0.15, -0.1) is 0 Å². The summed E-state index contributed by atoms with van der Waals surface area (Å²) in [6.45, 7) is 48.4. The molecule has 11 aromatic rings. The second kappa shape index (κ2) is 22.7. The first-order valence-corrected chi connectivity index (χ1v) is 36.6. The molecule has 0 N–H and O–H groups in total. The number of rotatable bonds is 4. The van der Waals surface area contributed by atoms with Gasteiger partial charge in [-0.25, -0.2) is 4.85 Å². The SMILES string of the molecule is [C-]#[N+]c1cc2c3c(c1)N(c1c(C)cc(C)cc1C)c1cc4c(cc1B3c1cc(C(C)(C)C)ccc1N2c1ccc(C(C)(C)C)cc1)B1c2cc3c(cc2Oc2cc(C#N)cc(c21)O4)N(c1ccc(C(C)(C)C)cc1)c1cc(C#N)cc2c1B3c1cc(C(C)(C)C)ccc1N2c1ccc(C(C)(C)C)cc1. The van der Waals surface area contributed by atoms with Crippen molar-refractivity contribution in [2.24, 2.45) is 0 Å². The summed E-state index contributed by atoms with van der Waals surface area (Å²) in [5.74, 6) is 2.47. The molecule has 12 heteroatoms. The summed E-state index contributed by atoms with van der Waals surface area (Å²) in [5.41, 5.74) is 31.8. The third-order valence-electron chi connectivity index (χ3n) is 22.8. The summed E-state index contributed by atoms with van der Waals surface area (Å²) in [6, 6.07) is 72.4. The lowest BCUT2D eigenvalue weighted by molar-refractivity contribution is 0.464. The van der Waals surface area contributed by atoms with Gasteiger partial charge in [-0.1, -0.05) is 194 Å². The van der Waals surface area contributed by atoms with E-state index in [1.807, 2.05) is 12.1 Å². The molecule has 508 valence electrons. The molecule has 0 saturated carbocycles. The van der Waals surface area contributed by atoms with Crippen molar-refractivity contribution < 1.29 is 9.47 Å². The van der Waals surface area contributed by atoms with E-state index in [2.05, 4.69) is 331 Å². The molecule has 0 unspecified atom stereocenters. The van der Waals surface area contributed by atoms with Gasteiger partial charge in [0, 0.05) is 80.2 Å². The van der Waals surface area contributed by atoms with Crippen molar-refractivity contribution in [3.8, 4) is 35.1 Å². The second-order valence-electron chi connectivity index (χ2n) is 35.0. The van der Waals surface area contributed by atoms with Crippen LogP contribution in [0.2, 0.25) is 0 Å². The van der Waals surface area contributed by atoms with E-state index in [1.54, 1.807) is 0 Å². The molecule has 6 heterocycles. The predicted molar refractivity (Wildman–Crippen MR) is 436 cm³/mol. The maximum absolute atomic E-state index is 11.3. The lowest BCUT2D eigenvalue weighted by atomic mass is 9.29. The standard InChI is InChI=1S/C92H84B3N7O2/c1-52-36-53(2)87(54(3)37-52)102-75-49-81-71(47-69(75)94-67-43-61(92(16,17)18)27-35-73(67)100(64-30-22-58(23-31-64)89(7,8)9)78-44-62(98-19)45-79(102)85(78)94)95-70-46-68-74(48-80(70)103-82-40-56(51-97)41-83(104-81)86(82)95)101(65-32-24-59(25-33-65)90(10,11)12)77-39-55(50-96)38-76-84(77)93(68)66-42-60(91(13,14)15)26-34-72(66)99(76)63-28-20-57(21-29-63)88(4,5)6/h20-49H,1-18H3. The van der Waals surface area contributed by atoms with E-state index in [1.165, 1.54) is 44.3 Å². The number of fused-ring (bicyclic) bond motifs is 12. The number of aryl methyl sites for hydroxylation is 3. The Labute approximate surface area is 615 Å². The van der Waals surface area contributed by atoms with Crippen LogP contribution in [0.15, 0.2) is 182 Å². The Kier molecular flexibility index (Phi) is 14.4. The molecule has 0 spiro atoms. The van der Waals surface area contributed by atoms with E-state index in [0.29, 0.717) is 39.8 Å². The summed E-state index contributed by atoms with van der Waals surface area (Å²) in [5, 5.41) is 22.3. The zero-order chi connectivity index (χ0) is 73.1. The summed E-state index contributed by atoms with van der Waals surface area (Å²) < 4.78 is 14.9. The zero-order valence-electron chi connectivity index (χ0n) is 63.0. The second-order valence-corrected chi connectivity index (χ2v) is 35.0. The van der Waals surface area contributed by atoms with Gasteiger partial charge in [0.25, 0.3) is 20.1 Å². The lowest BCUT2D eigenvalue weighted by Gasteiger charge is -2.46. The minimum absolute atomic E-state index is 0.0643. The fourth-order valence-corrected chi connectivity index (χ4v) is 17.5. The average Bonchev–Trinajstić information content (AvgIpc) is 0.689. The van der Waals surface area contributed by atoms with Crippen molar-refractivity contribution >= 4 is 143 Å². The van der Waals surface area contributed by atoms with Gasteiger partial charge in [-0.05, 0) is 215 Å². The fraction of sp³-hybridized carbons (Fsp3) is 0.250. The van der Waals surface area contributed by atoms with Crippen LogP contribution in [-0.4, -0.2) is 20.1 Å². The Morgan fingerprint density at radius 3 is 1.03 bits per heavy atom. The molecular formula is C92H84B3N7O2. The van der Waals surface area contributed by atoms with Crippen molar-refractivity contribution in [2.75, 3.05) is 19.6 Å². The molecule has 6 aliphatic rings. The Bertz CT molecular complexity index is 5680. The smallest absolute Gasteiger partial charge is 0.260 e. The van der Waals surface area contributed by atoms with Crippen molar-refractivity contribution in [2.45, 2.75) is 152 Å². The summed E-state index contributed by atoms with van der Waals surface area (Å²) in [6.07, 6.45) is 0. The van der Waals surface area contributed by atoms with Crippen LogP contribution < -0.4 is 78.2 Å². The third kappa shape index (κ3) is 10.2. The highest BCUT2D eigenvalue weighted by Gasteiger charge is 2.51. The van der Waals surface area contributed by atoms with Crippen molar-refractivity contribution in [1.29, 1.82) is 10.5 Å². The Balaban J connectivity index is 0.963. The molecule has 0 amide bonds. The molecule has 9 nitrogen and oxygen atoms in total. The van der Waals surface area contributed by atoms with Gasteiger partial charge in [-0.2, -0.15) is 10.5 Å². The molecule has 0 radical (unpaired) electrons. The number of nitriles is 2. The van der Waals surface area contributed by atoms with E-state index in [0.717, 1.165) is 118 Å². The fourth-order valence-electron chi connectivity index (χ4n) is 17.5. The van der Waals surface area contributed by atoms with E-state index in [-0.39, 0.29) is 40.5 Å². The molecule has 0 fully saturated rings. The van der Waals surface area contributed by atoms with Crippen LogP contribution >= 0.6 is 0 Å². The van der Waals surface area contributed by atoms with Crippen LogP contribution in [0, 0.1) is 50.0 Å². The molecule has 0 aromatic heterocycles. The Morgan fingerprint density at radius 2 is 0.654 bits per heavy atom. The molecule has 0 atom stereocenters. The minimum atomic E-state index is -0.456. The first-order chi connectivity index (χ1) is 49.3. The molecule has 11 aromatic carbocycles. The number of benzene rings is 11. The topological polar surface area (TPSA) is 83.4 Å². The van der Waals surface area contributed by atoms with Crippen molar-refractivity contribution in [3.63, 3.8) is 0 Å². The quantitative estimate of drug-likeness (QED) is 0.127. The summed E-state index contributed by atoms with van der Waals surface area (Å²) in [7, 11) is 0. The van der Waals surface area contributed by atoms with Crippen LogP contribution in [0.1, 0.15) is 159 Å². The van der Waals surface area contributed by atoms with E-state index in [9.17, 15) is 10.5 Å². The Morgan fingerprint density at radius 1 is 0.327 bits per heavy atom. The zero-order valence-corrected chi connectivity index (χ0v) is 63.0. The first kappa shape index (κ1) is 66.1. The summed E-state index contributed by atoms with van der Waals surface area (Å²) >= 11 is 0. The lowest BCUT2D eigenvalue weighted by Crippen LogP contribution is -2.65. The van der Waals surface area contributed by atoms with Gasteiger partial charge in [0.05, 0.1) is 35.5 Å². The van der Waals surface area contributed by atoms with Gasteiger partial charge in [-0.3, -0.25) is 0 Å². The molecule has 104 heavy (non-hydrogen) atoms. The molecule has 0 aliphatic carbocycles. The largest absolute Gasteiger partial charge is 0.458 e. The Hall–Kier alpha value is -11.1. The third-order valence-corrected chi connectivity index (χ3v) is 22.8. The van der Waals surface area contributed by atoms with E-state index in [4.69, 9.17) is 16.0 Å².